The normalized spacial score (nSPS) is 18.4. The number of nitriles is 1. The molecular weight excluding hydrogens is 288 g/mol. The Balaban J connectivity index is 1.84. The molecule has 2 N–H and O–H groups in total. The van der Waals surface area contributed by atoms with Crippen molar-refractivity contribution in [1.29, 1.82) is 5.26 Å². The van der Waals surface area contributed by atoms with Crippen LogP contribution in [0.25, 0.3) is 0 Å². The second-order valence-corrected chi connectivity index (χ2v) is 6.52. The predicted molar refractivity (Wildman–Crippen MR) is 90.8 cm³/mol. The van der Waals surface area contributed by atoms with Gasteiger partial charge in [0, 0.05) is 25.7 Å². The summed E-state index contributed by atoms with van der Waals surface area (Å²) in [6.45, 7) is 7.42. The van der Waals surface area contributed by atoms with Gasteiger partial charge in [0.2, 0.25) is 0 Å². The Morgan fingerprint density at radius 3 is 2.96 bits per heavy atom. The van der Waals surface area contributed by atoms with E-state index < -0.39 is 0 Å². The van der Waals surface area contributed by atoms with Gasteiger partial charge in [-0.1, -0.05) is 18.2 Å². The molecule has 1 unspecified atom stereocenters. The fourth-order valence-electron chi connectivity index (χ4n) is 3.02. The monoisotopic (exact) mass is 314 g/mol. The highest BCUT2D eigenvalue weighted by atomic mass is 16.2. The molecule has 23 heavy (non-hydrogen) atoms. The molecule has 0 spiro atoms. The summed E-state index contributed by atoms with van der Waals surface area (Å²) in [4.78, 5) is 14.1. The van der Waals surface area contributed by atoms with Gasteiger partial charge >= 0.3 is 6.03 Å². The first-order chi connectivity index (χ1) is 11.1. The first-order valence-electron chi connectivity index (χ1n) is 8.33. The standard InChI is InChI=1S/C18H26N4O/c1-14(2)21-18(23)20-11-15-6-5-9-22(12-15)13-17-8-4-3-7-16(17)10-19/h3-4,7-8,14-15H,5-6,9,11-13H2,1-2H3,(H2,20,21,23). The minimum absolute atomic E-state index is 0.0908. The molecule has 1 aromatic rings. The zero-order chi connectivity index (χ0) is 16.7. The smallest absolute Gasteiger partial charge is 0.314 e. The largest absolute Gasteiger partial charge is 0.338 e. The van der Waals surface area contributed by atoms with Gasteiger partial charge < -0.3 is 10.6 Å². The molecule has 2 amide bonds. The number of rotatable bonds is 5. The minimum atomic E-state index is -0.0908. The van der Waals surface area contributed by atoms with E-state index in [1.54, 1.807) is 0 Å². The molecule has 0 bridgehead atoms. The van der Waals surface area contributed by atoms with Crippen LogP contribution < -0.4 is 10.6 Å². The van der Waals surface area contributed by atoms with Crippen molar-refractivity contribution in [2.45, 2.75) is 39.3 Å². The van der Waals surface area contributed by atoms with E-state index in [1.165, 1.54) is 0 Å². The van der Waals surface area contributed by atoms with Crippen LogP contribution in [0, 0.1) is 17.2 Å². The Kier molecular flexibility index (Phi) is 6.42. The molecule has 1 aliphatic heterocycles. The summed E-state index contributed by atoms with van der Waals surface area (Å²) in [5, 5.41) is 15.0. The average Bonchev–Trinajstić information content (AvgIpc) is 2.53. The number of piperidine rings is 1. The third-order valence-corrected chi connectivity index (χ3v) is 4.11. The van der Waals surface area contributed by atoms with Gasteiger partial charge in [-0.3, -0.25) is 4.90 Å². The van der Waals surface area contributed by atoms with Crippen molar-refractivity contribution in [2.24, 2.45) is 5.92 Å². The van der Waals surface area contributed by atoms with Crippen LogP contribution in [0.4, 0.5) is 4.79 Å². The molecule has 2 rings (SSSR count). The van der Waals surface area contributed by atoms with Crippen LogP contribution in [0.3, 0.4) is 0 Å². The highest BCUT2D eigenvalue weighted by molar-refractivity contribution is 5.74. The zero-order valence-corrected chi connectivity index (χ0v) is 14.0. The maximum Gasteiger partial charge on any atom is 0.314 e. The van der Waals surface area contributed by atoms with Crippen LogP contribution in [0.1, 0.15) is 37.8 Å². The lowest BCUT2D eigenvalue weighted by atomic mass is 9.97. The van der Waals surface area contributed by atoms with E-state index in [1.807, 2.05) is 38.1 Å². The van der Waals surface area contributed by atoms with Crippen molar-refractivity contribution in [1.82, 2.24) is 15.5 Å². The fraction of sp³-hybridized carbons (Fsp3) is 0.556. The van der Waals surface area contributed by atoms with Crippen LogP contribution in [-0.2, 0) is 6.54 Å². The maximum absolute atomic E-state index is 11.7. The van der Waals surface area contributed by atoms with Gasteiger partial charge in [-0.05, 0) is 50.8 Å². The van der Waals surface area contributed by atoms with E-state index in [9.17, 15) is 10.1 Å². The molecule has 0 radical (unpaired) electrons. The Morgan fingerprint density at radius 1 is 1.43 bits per heavy atom. The summed E-state index contributed by atoms with van der Waals surface area (Å²) in [6.07, 6.45) is 2.27. The molecule has 0 aromatic heterocycles. The van der Waals surface area contributed by atoms with Gasteiger partial charge in [-0.2, -0.15) is 5.26 Å². The van der Waals surface area contributed by atoms with Crippen molar-refractivity contribution >= 4 is 6.03 Å². The highest BCUT2D eigenvalue weighted by Crippen LogP contribution is 2.19. The average molecular weight is 314 g/mol. The lowest BCUT2D eigenvalue weighted by Crippen LogP contribution is -2.45. The van der Waals surface area contributed by atoms with Crippen molar-refractivity contribution < 1.29 is 4.79 Å². The van der Waals surface area contributed by atoms with Gasteiger partial charge in [0.05, 0.1) is 11.6 Å². The third-order valence-electron chi connectivity index (χ3n) is 4.11. The number of carbonyl (C=O) groups is 1. The van der Waals surface area contributed by atoms with Gasteiger partial charge in [0.1, 0.15) is 0 Å². The zero-order valence-electron chi connectivity index (χ0n) is 14.0. The van der Waals surface area contributed by atoms with Crippen LogP contribution in [0.5, 0.6) is 0 Å². The first-order valence-corrected chi connectivity index (χ1v) is 8.33. The van der Waals surface area contributed by atoms with Gasteiger partial charge in [-0.15, -0.1) is 0 Å². The second-order valence-electron chi connectivity index (χ2n) is 6.52. The number of carbonyl (C=O) groups excluding carboxylic acids is 1. The molecule has 1 saturated heterocycles. The first kappa shape index (κ1) is 17.3. The lowest BCUT2D eigenvalue weighted by molar-refractivity contribution is 0.165. The van der Waals surface area contributed by atoms with Crippen molar-refractivity contribution in [3.8, 4) is 6.07 Å². The van der Waals surface area contributed by atoms with Gasteiger partial charge in [-0.25, -0.2) is 4.79 Å². The number of hydrogen-bond donors (Lipinski definition) is 2. The molecule has 5 heteroatoms. The summed E-state index contributed by atoms with van der Waals surface area (Å²) in [7, 11) is 0. The number of hydrogen-bond acceptors (Lipinski definition) is 3. The Morgan fingerprint density at radius 2 is 2.22 bits per heavy atom. The third kappa shape index (κ3) is 5.57. The van der Waals surface area contributed by atoms with Crippen LogP contribution in [0.2, 0.25) is 0 Å². The quantitative estimate of drug-likeness (QED) is 0.877. The topological polar surface area (TPSA) is 68.2 Å². The summed E-state index contributed by atoms with van der Waals surface area (Å²) in [5.41, 5.74) is 1.84. The molecule has 1 fully saturated rings. The molecule has 0 aliphatic carbocycles. The molecule has 1 heterocycles. The molecular formula is C18H26N4O. The van der Waals surface area contributed by atoms with Crippen molar-refractivity contribution in [3.05, 3.63) is 35.4 Å². The summed E-state index contributed by atoms with van der Waals surface area (Å²) in [6, 6.07) is 10.1. The summed E-state index contributed by atoms with van der Waals surface area (Å²) >= 11 is 0. The van der Waals surface area contributed by atoms with Crippen LogP contribution >= 0.6 is 0 Å². The molecule has 1 atom stereocenters. The van der Waals surface area contributed by atoms with Crippen LogP contribution in [-0.4, -0.2) is 36.6 Å². The van der Waals surface area contributed by atoms with E-state index in [-0.39, 0.29) is 12.1 Å². The number of urea groups is 1. The lowest BCUT2D eigenvalue weighted by Gasteiger charge is -2.33. The highest BCUT2D eigenvalue weighted by Gasteiger charge is 2.21. The molecule has 5 nitrogen and oxygen atoms in total. The van der Waals surface area contributed by atoms with Crippen molar-refractivity contribution in [2.75, 3.05) is 19.6 Å². The molecule has 1 aliphatic rings. The number of amides is 2. The van der Waals surface area contributed by atoms with Crippen LogP contribution in [0.15, 0.2) is 24.3 Å². The van der Waals surface area contributed by atoms with E-state index in [4.69, 9.17) is 0 Å². The number of benzene rings is 1. The number of nitrogens with one attached hydrogen (secondary N) is 2. The summed E-state index contributed by atoms with van der Waals surface area (Å²) in [5.74, 6) is 0.468. The number of nitrogens with zero attached hydrogens (tertiary/aromatic N) is 2. The SMILES string of the molecule is CC(C)NC(=O)NCC1CCCN(Cc2ccccc2C#N)C1. The van der Waals surface area contributed by atoms with Gasteiger partial charge in [0.15, 0.2) is 0 Å². The van der Waals surface area contributed by atoms with Gasteiger partial charge in [0.25, 0.3) is 0 Å². The second kappa shape index (κ2) is 8.54. The maximum atomic E-state index is 11.7. The Labute approximate surface area is 138 Å². The fourth-order valence-corrected chi connectivity index (χ4v) is 3.02. The van der Waals surface area contributed by atoms with E-state index >= 15 is 0 Å². The van der Waals surface area contributed by atoms with Crippen molar-refractivity contribution in [3.63, 3.8) is 0 Å². The molecule has 0 saturated carbocycles. The minimum Gasteiger partial charge on any atom is -0.338 e. The molecule has 1 aromatic carbocycles. The number of likely N-dealkylation sites (tertiary alicyclic amines) is 1. The van der Waals surface area contributed by atoms with E-state index in [2.05, 4.69) is 21.6 Å². The Hall–Kier alpha value is -2.06. The van der Waals surface area contributed by atoms with E-state index in [0.717, 1.165) is 43.6 Å². The predicted octanol–water partition coefficient (Wildman–Crippen LogP) is 2.48. The summed E-state index contributed by atoms with van der Waals surface area (Å²) < 4.78 is 0. The van der Waals surface area contributed by atoms with E-state index in [0.29, 0.717) is 12.5 Å². The Bertz CT molecular complexity index is 564. The molecule has 124 valence electrons.